The second-order valence-corrected chi connectivity index (χ2v) is 24.7. The minimum Gasteiger partial charge on any atom is 0 e. The third-order valence-corrected chi connectivity index (χ3v) is 12.2. The van der Waals surface area contributed by atoms with Crippen molar-refractivity contribution in [2.75, 3.05) is 0 Å². The number of hydrogen-bond acceptors (Lipinski definition) is 3. The maximum atomic E-state index is 6.17. The van der Waals surface area contributed by atoms with Gasteiger partial charge in [-0.1, -0.05) is 86.3 Å². The summed E-state index contributed by atoms with van der Waals surface area (Å²) in [7, 11) is 0. The third-order valence-electron chi connectivity index (χ3n) is 7.96. The van der Waals surface area contributed by atoms with Gasteiger partial charge in [0.05, 0.1) is 5.58 Å². The summed E-state index contributed by atoms with van der Waals surface area (Å²) in [6, 6.07) is 44.1. The van der Waals surface area contributed by atoms with Crippen molar-refractivity contribution in [2.45, 2.75) is 44.5 Å². The molecule has 1 radical (unpaired) electrons. The van der Waals surface area contributed by atoms with Gasteiger partial charge in [0.25, 0.3) is 0 Å². The van der Waals surface area contributed by atoms with E-state index in [1.807, 2.05) is 48.8 Å². The van der Waals surface area contributed by atoms with Crippen LogP contribution in [0.15, 0.2) is 126 Å². The average Bonchev–Trinajstić information content (AvgIpc) is 3.42. The molecule has 3 nitrogen and oxygen atoms in total. The molecule has 0 N–H and O–H groups in total. The van der Waals surface area contributed by atoms with Gasteiger partial charge in [-0.2, -0.15) is 0 Å². The first-order valence-electron chi connectivity index (χ1n) is 15.9. The van der Waals surface area contributed by atoms with Crippen molar-refractivity contribution in [3.63, 3.8) is 0 Å². The van der Waals surface area contributed by atoms with E-state index in [1.54, 1.807) is 0 Å². The third kappa shape index (κ3) is 8.56. The molecule has 0 atom stereocenters. The van der Waals surface area contributed by atoms with E-state index in [1.165, 1.54) is 21.1 Å². The zero-order chi connectivity index (χ0) is 32.3. The summed E-state index contributed by atoms with van der Waals surface area (Å²) < 4.78 is 7.61. The molecule has 7 rings (SSSR count). The molecule has 0 aliphatic rings. The van der Waals surface area contributed by atoms with Gasteiger partial charge in [0, 0.05) is 26.3 Å². The van der Waals surface area contributed by atoms with Crippen LogP contribution in [0.4, 0.5) is 0 Å². The van der Waals surface area contributed by atoms with Gasteiger partial charge >= 0.3 is 99.8 Å². The van der Waals surface area contributed by atoms with Crippen molar-refractivity contribution in [3.05, 3.63) is 139 Å². The number of rotatable bonds is 5. The monoisotopic (exact) mass is 855 g/mol. The van der Waals surface area contributed by atoms with Crippen LogP contribution in [0.3, 0.4) is 0 Å². The van der Waals surface area contributed by atoms with Gasteiger partial charge in [0.1, 0.15) is 5.58 Å². The fourth-order valence-electron chi connectivity index (χ4n) is 5.57. The fraction of sp³-hybridized carbons (Fsp3) is 0.190. The Kier molecular flexibility index (Phi) is 10.7. The first-order valence-corrected chi connectivity index (χ1v) is 23.2. The van der Waals surface area contributed by atoms with E-state index >= 15 is 0 Å². The SMILES string of the molecule is CC(C)(C)Cc1ccnc(-c2[c-]cc3c(c2)oc2ccc(-c4ccccc4)cc23)c1.[CH3][Ge]([CH3])([CH3])[c]1ccc(-c2[c-]cccc2)nc1.[Ir]. The molecule has 0 bridgehead atoms. The topological polar surface area (TPSA) is 38.9 Å². The van der Waals surface area contributed by atoms with Crippen LogP contribution < -0.4 is 4.40 Å². The molecule has 7 aromatic rings. The summed E-state index contributed by atoms with van der Waals surface area (Å²) in [5.41, 5.74) is 9.65. The van der Waals surface area contributed by atoms with Gasteiger partial charge in [-0.3, -0.25) is 0 Å². The Morgan fingerprint density at radius 1 is 0.681 bits per heavy atom. The largest absolute Gasteiger partial charge is 0 e. The molecule has 0 saturated carbocycles. The zero-order valence-electron chi connectivity index (χ0n) is 27.9. The standard InChI is InChI=1S/C28H24NO.C14H16GeN.Ir/c1-28(2,3)18-19-13-14-29-25(15-19)22-9-11-23-24-16-21(20-7-5-4-6-8-20)10-12-26(24)30-27(23)17-22;1-15(2,3)13-9-10-14(16-11-13)12-7-5-4-6-8-12;/h4-8,10-17H,18H2,1-3H3;4-7,9-11H,1-3H3;/q2*-1;. The van der Waals surface area contributed by atoms with Crippen LogP contribution in [0.25, 0.3) is 55.6 Å². The number of benzene rings is 4. The van der Waals surface area contributed by atoms with Gasteiger partial charge in [-0.15, -0.1) is 17.7 Å². The van der Waals surface area contributed by atoms with E-state index in [-0.39, 0.29) is 25.5 Å². The Morgan fingerprint density at radius 2 is 1.47 bits per heavy atom. The number of hydrogen-bond donors (Lipinski definition) is 0. The molecule has 0 amide bonds. The summed E-state index contributed by atoms with van der Waals surface area (Å²) in [6.45, 7) is 6.76. The van der Waals surface area contributed by atoms with Gasteiger partial charge in [0.2, 0.25) is 0 Å². The second-order valence-electron chi connectivity index (χ2n) is 14.0. The summed E-state index contributed by atoms with van der Waals surface area (Å²) in [5, 5.41) is 2.20. The van der Waals surface area contributed by atoms with Crippen LogP contribution in [0.2, 0.25) is 17.3 Å². The minimum absolute atomic E-state index is 0. The van der Waals surface area contributed by atoms with Crippen molar-refractivity contribution in [2.24, 2.45) is 5.41 Å². The molecule has 5 heteroatoms. The predicted octanol–water partition coefficient (Wildman–Crippen LogP) is 10.8. The molecule has 47 heavy (non-hydrogen) atoms. The summed E-state index contributed by atoms with van der Waals surface area (Å²) in [6.07, 6.45) is 4.94. The van der Waals surface area contributed by atoms with Crippen molar-refractivity contribution in [1.29, 1.82) is 0 Å². The normalized spacial score (nSPS) is 11.5. The molecule has 4 aromatic carbocycles. The van der Waals surface area contributed by atoms with Crippen LogP contribution in [-0.4, -0.2) is 23.2 Å². The summed E-state index contributed by atoms with van der Waals surface area (Å²) in [4.78, 5) is 9.11. The van der Waals surface area contributed by atoms with Crippen LogP contribution in [0.5, 0.6) is 0 Å². The average molecular weight is 854 g/mol. The van der Waals surface area contributed by atoms with Gasteiger partial charge in [0.15, 0.2) is 0 Å². The van der Waals surface area contributed by atoms with Gasteiger partial charge < -0.3 is 9.40 Å². The minimum atomic E-state index is -1.72. The number of nitrogens with zero attached hydrogens (tertiary/aromatic N) is 2. The molecule has 0 unspecified atom stereocenters. The molecule has 0 saturated heterocycles. The fourth-order valence-corrected chi connectivity index (χ4v) is 7.74. The van der Waals surface area contributed by atoms with E-state index in [0.717, 1.165) is 50.9 Å². The van der Waals surface area contributed by atoms with Gasteiger partial charge in [-0.25, -0.2) is 0 Å². The van der Waals surface area contributed by atoms with Crippen molar-refractivity contribution < 1.29 is 24.5 Å². The van der Waals surface area contributed by atoms with E-state index < -0.39 is 13.3 Å². The molecule has 0 aliphatic heterocycles. The van der Waals surface area contributed by atoms with Crippen molar-refractivity contribution in [1.82, 2.24) is 9.97 Å². The number of aromatic nitrogens is 2. The predicted molar refractivity (Wildman–Crippen MR) is 196 cm³/mol. The molecule has 0 aliphatic carbocycles. The molecule has 0 spiro atoms. The Hall–Kier alpha value is -3.83. The first-order chi connectivity index (χ1) is 22.0. The summed E-state index contributed by atoms with van der Waals surface area (Å²) in [5.74, 6) is 7.14. The molecular weight excluding hydrogens is 813 g/mol. The van der Waals surface area contributed by atoms with E-state index in [0.29, 0.717) is 0 Å². The molecule has 3 heterocycles. The van der Waals surface area contributed by atoms with Crippen LogP contribution in [0, 0.1) is 17.5 Å². The second kappa shape index (κ2) is 14.5. The summed E-state index contributed by atoms with van der Waals surface area (Å²) >= 11 is -1.72. The Balaban J connectivity index is 0.000000217. The molecule has 0 fully saturated rings. The molecule has 239 valence electrons. The quantitative estimate of drug-likeness (QED) is 0.128. The maximum Gasteiger partial charge on any atom is 0 e. The maximum absolute atomic E-state index is 6.17. The van der Waals surface area contributed by atoms with Crippen molar-refractivity contribution in [3.8, 4) is 33.6 Å². The smallest absolute Gasteiger partial charge is 0 e. The van der Waals surface area contributed by atoms with Crippen LogP contribution >= 0.6 is 0 Å². The van der Waals surface area contributed by atoms with E-state index in [9.17, 15) is 0 Å². The van der Waals surface area contributed by atoms with Crippen LogP contribution in [-0.2, 0) is 26.5 Å². The van der Waals surface area contributed by atoms with Gasteiger partial charge in [-0.05, 0) is 46.2 Å². The Bertz CT molecular complexity index is 2070. The first kappa shape index (κ1) is 34.5. The molecule has 3 aromatic heterocycles. The molecular formula is C42H40GeIrN2O-2. The van der Waals surface area contributed by atoms with E-state index in [4.69, 9.17) is 4.42 Å². The van der Waals surface area contributed by atoms with Crippen molar-refractivity contribution >= 4 is 39.6 Å². The Labute approximate surface area is 295 Å². The van der Waals surface area contributed by atoms with Crippen LogP contribution in [0.1, 0.15) is 26.3 Å². The Morgan fingerprint density at radius 3 is 2.15 bits per heavy atom. The number of pyridine rings is 2. The zero-order valence-corrected chi connectivity index (χ0v) is 32.4. The number of furan rings is 1. The number of fused-ring (bicyclic) bond motifs is 3. The van der Waals surface area contributed by atoms with E-state index in [2.05, 4.69) is 133 Å².